The van der Waals surface area contributed by atoms with Gasteiger partial charge in [-0.15, -0.1) is 0 Å². The lowest BCUT2D eigenvalue weighted by molar-refractivity contribution is 0.0448. The number of nitrogens with one attached hydrogen (secondary N) is 3. The lowest BCUT2D eigenvalue weighted by Gasteiger charge is -2.32. The number of fused-ring (bicyclic) bond motifs is 2. The first-order chi connectivity index (χ1) is 16.5. The van der Waals surface area contributed by atoms with Crippen molar-refractivity contribution >= 4 is 28.4 Å². The van der Waals surface area contributed by atoms with E-state index >= 15 is 0 Å². The van der Waals surface area contributed by atoms with Gasteiger partial charge < -0.3 is 30.6 Å². The summed E-state index contributed by atoms with van der Waals surface area (Å²) in [4.78, 5) is 24.9. The van der Waals surface area contributed by atoms with Crippen LogP contribution < -0.4 is 10.6 Å². The molecule has 34 heavy (non-hydrogen) atoms. The summed E-state index contributed by atoms with van der Waals surface area (Å²) in [5.41, 5.74) is 3.19. The van der Waals surface area contributed by atoms with Crippen molar-refractivity contribution in [2.75, 3.05) is 25.6 Å². The summed E-state index contributed by atoms with van der Waals surface area (Å²) in [6.45, 7) is 1.28. The van der Waals surface area contributed by atoms with Crippen LogP contribution in [0.2, 0.25) is 0 Å². The molecule has 4 aromatic rings. The maximum Gasteiger partial charge on any atom is 0.257 e. The lowest BCUT2D eigenvalue weighted by Crippen LogP contribution is -2.50. The number of nitrogens with zero attached hydrogens (tertiary/aromatic N) is 4. The summed E-state index contributed by atoms with van der Waals surface area (Å²) in [6, 6.07) is 5.52. The Morgan fingerprint density at radius 2 is 2.18 bits per heavy atom. The van der Waals surface area contributed by atoms with Gasteiger partial charge in [0.1, 0.15) is 17.0 Å². The molecule has 1 aliphatic heterocycles. The fourth-order valence-electron chi connectivity index (χ4n) is 4.03. The number of hydrogen-bond donors (Lipinski definition) is 5. The van der Waals surface area contributed by atoms with E-state index in [9.17, 15) is 9.90 Å². The largest absolute Gasteiger partial charge is 0.391 e. The van der Waals surface area contributed by atoms with E-state index in [1.165, 1.54) is 6.20 Å². The molecule has 11 heteroatoms. The monoisotopic (exact) mass is 465 g/mol. The fourth-order valence-corrected chi connectivity index (χ4v) is 4.03. The number of aliphatic hydroxyl groups is 2. The fraction of sp³-hybridized carbons (Fsp3) is 0.391. The standard InChI is InChI=1S/C19H19N7O2.C4H8O2/c1-20-16-7-14(11-8-22-17-10(11)3-2-6-21-17)24-18-12(9-23-26(16)18)19(28)25-13-4-5-15(13)27;5-4-1-2-6-3-4/h2-3,6-9,13,15,20,27H,4-5H2,1H3,(H,21,22)(H,25,28);4-5H,1-3H2. The van der Waals surface area contributed by atoms with Gasteiger partial charge in [0.15, 0.2) is 5.65 Å². The van der Waals surface area contributed by atoms with Crippen molar-refractivity contribution in [1.82, 2.24) is 29.9 Å². The molecule has 0 spiro atoms. The molecule has 0 radical (unpaired) electrons. The molecule has 2 aliphatic rings. The van der Waals surface area contributed by atoms with Crippen molar-refractivity contribution in [3.63, 3.8) is 0 Å². The maximum absolute atomic E-state index is 12.7. The van der Waals surface area contributed by atoms with Crippen molar-refractivity contribution in [2.24, 2.45) is 0 Å². The quantitative estimate of drug-likeness (QED) is 0.303. The van der Waals surface area contributed by atoms with E-state index in [0.717, 1.165) is 36.0 Å². The first-order valence-corrected chi connectivity index (χ1v) is 11.3. The van der Waals surface area contributed by atoms with Gasteiger partial charge in [0.2, 0.25) is 0 Å². The smallest absolute Gasteiger partial charge is 0.257 e. The lowest BCUT2D eigenvalue weighted by atomic mass is 9.89. The second-order valence-electron chi connectivity index (χ2n) is 8.41. The molecule has 2 fully saturated rings. The predicted octanol–water partition coefficient (Wildman–Crippen LogP) is 1.33. The zero-order valence-corrected chi connectivity index (χ0v) is 18.7. The van der Waals surface area contributed by atoms with Gasteiger partial charge in [0.05, 0.1) is 36.7 Å². The molecule has 6 rings (SSSR count). The SMILES string of the molecule is CNc1cc(-c2c[nH]c3ncccc23)nc2c(C(=O)NC3CCC3O)cnn12.OC1CCOC1. The maximum atomic E-state index is 12.7. The number of aliphatic hydroxyl groups excluding tert-OH is 2. The topological polar surface area (TPSA) is 150 Å². The molecule has 1 saturated carbocycles. The van der Waals surface area contributed by atoms with Crippen LogP contribution in [0.15, 0.2) is 36.8 Å². The average Bonchev–Trinajstić information content (AvgIpc) is 3.60. The summed E-state index contributed by atoms with van der Waals surface area (Å²) in [6.07, 6.45) is 6.73. The Kier molecular flexibility index (Phi) is 6.14. The van der Waals surface area contributed by atoms with Gasteiger partial charge in [-0.3, -0.25) is 4.79 Å². The van der Waals surface area contributed by atoms with Crippen LogP contribution in [0.3, 0.4) is 0 Å². The van der Waals surface area contributed by atoms with Crippen molar-refractivity contribution < 1.29 is 19.7 Å². The third-order valence-corrected chi connectivity index (χ3v) is 6.16. The zero-order valence-electron chi connectivity index (χ0n) is 18.7. The van der Waals surface area contributed by atoms with E-state index in [-0.39, 0.29) is 18.1 Å². The Hall–Kier alpha value is -3.54. The number of carbonyl (C=O) groups excluding carboxylic acids is 1. The molecule has 178 valence electrons. The van der Waals surface area contributed by atoms with Gasteiger partial charge in [0, 0.05) is 43.1 Å². The van der Waals surface area contributed by atoms with Crippen LogP contribution in [-0.2, 0) is 4.74 Å². The number of aromatic amines is 1. The number of rotatable bonds is 4. The number of aromatic nitrogens is 5. The molecular formula is C23H27N7O4. The molecule has 4 aromatic heterocycles. The van der Waals surface area contributed by atoms with Gasteiger partial charge >= 0.3 is 0 Å². The van der Waals surface area contributed by atoms with Crippen molar-refractivity contribution in [3.8, 4) is 11.3 Å². The number of hydrogen-bond acceptors (Lipinski definition) is 8. The molecule has 11 nitrogen and oxygen atoms in total. The van der Waals surface area contributed by atoms with Crippen molar-refractivity contribution in [1.29, 1.82) is 0 Å². The molecule has 5 heterocycles. The van der Waals surface area contributed by atoms with Crippen LogP contribution >= 0.6 is 0 Å². The van der Waals surface area contributed by atoms with E-state index in [1.54, 1.807) is 17.8 Å². The average molecular weight is 466 g/mol. The number of carbonyl (C=O) groups is 1. The highest BCUT2D eigenvalue weighted by molar-refractivity contribution is 6.01. The molecule has 1 saturated heterocycles. The highest BCUT2D eigenvalue weighted by atomic mass is 16.5. The number of anilines is 1. The van der Waals surface area contributed by atoms with Gasteiger partial charge in [-0.1, -0.05) is 0 Å². The van der Waals surface area contributed by atoms with Gasteiger partial charge in [-0.05, 0) is 31.4 Å². The van der Waals surface area contributed by atoms with Gasteiger partial charge in [0.25, 0.3) is 5.91 Å². The van der Waals surface area contributed by atoms with Gasteiger partial charge in [-0.25, -0.2) is 9.97 Å². The van der Waals surface area contributed by atoms with Crippen LogP contribution in [0.4, 0.5) is 5.82 Å². The Balaban J connectivity index is 0.000000351. The first kappa shape index (κ1) is 22.3. The van der Waals surface area contributed by atoms with E-state index < -0.39 is 6.10 Å². The van der Waals surface area contributed by atoms with Gasteiger partial charge in [-0.2, -0.15) is 9.61 Å². The molecule has 5 N–H and O–H groups in total. The molecule has 0 bridgehead atoms. The Labute approximate surface area is 195 Å². The highest BCUT2D eigenvalue weighted by Gasteiger charge is 2.31. The summed E-state index contributed by atoms with van der Waals surface area (Å²) >= 11 is 0. The Morgan fingerprint density at radius 1 is 1.29 bits per heavy atom. The number of amides is 1. The molecule has 3 atom stereocenters. The van der Waals surface area contributed by atoms with Crippen molar-refractivity contribution in [2.45, 2.75) is 37.5 Å². The van der Waals surface area contributed by atoms with Crippen LogP contribution in [-0.4, -0.2) is 79.2 Å². The molecule has 1 aliphatic carbocycles. The van der Waals surface area contributed by atoms with Crippen molar-refractivity contribution in [3.05, 3.63) is 42.4 Å². The minimum atomic E-state index is -0.485. The normalized spacial score (nSPS) is 21.7. The number of H-pyrrole nitrogens is 1. The molecule has 0 aromatic carbocycles. The van der Waals surface area contributed by atoms with E-state index in [4.69, 9.17) is 14.8 Å². The minimum Gasteiger partial charge on any atom is -0.391 e. The van der Waals surface area contributed by atoms with E-state index in [1.807, 2.05) is 24.4 Å². The highest BCUT2D eigenvalue weighted by Crippen LogP contribution is 2.29. The number of pyridine rings is 1. The first-order valence-electron chi connectivity index (χ1n) is 11.3. The van der Waals surface area contributed by atoms with Crippen LogP contribution in [0.25, 0.3) is 27.9 Å². The Bertz CT molecular complexity index is 1310. The second-order valence-corrected chi connectivity index (χ2v) is 8.41. The van der Waals surface area contributed by atoms with E-state index in [2.05, 4.69) is 25.7 Å². The molecule has 3 unspecified atom stereocenters. The molecule has 1 amide bonds. The van der Waals surface area contributed by atoms with Crippen LogP contribution in [0.1, 0.15) is 29.6 Å². The third-order valence-electron chi connectivity index (χ3n) is 6.16. The minimum absolute atomic E-state index is 0.176. The molecular weight excluding hydrogens is 438 g/mol. The third kappa shape index (κ3) is 4.20. The summed E-state index contributed by atoms with van der Waals surface area (Å²) in [5, 5.41) is 29.6. The van der Waals surface area contributed by atoms with E-state index in [0.29, 0.717) is 35.8 Å². The zero-order chi connectivity index (χ0) is 23.7. The second kappa shape index (κ2) is 9.37. The predicted molar refractivity (Wildman–Crippen MR) is 126 cm³/mol. The summed E-state index contributed by atoms with van der Waals surface area (Å²) in [7, 11) is 1.79. The van der Waals surface area contributed by atoms with Crippen LogP contribution in [0, 0.1) is 0 Å². The number of ether oxygens (including phenoxy) is 1. The summed E-state index contributed by atoms with van der Waals surface area (Å²) in [5.74, 6) is 0.423. The summed E-state index contributed by atoms with van der Waals surface area (Å²) < 4.78 is 6.41. The Morgan fingerprint density at radius 3 is 2.82 bits per heavy atom. The van der Waals surface area contributed by atoms with Crippen LogP contribution in [0.5, 0.6) is 0 Å².